The van der Waals surface area contributed by atoms with Crippen LogP contribution in [0.15, 0.2) is 89.5 Å². The van der Waals surface area contributed by atoms with Crippen molar-refractivity contribution in [3.63, 3.8) is 0 Å². The number of aryl methyl sites for hydroxylation is 1. The summed E-state index contributed by atoms with van der Waals surface area (Å²) < 4.78 is 16.7. The summed E-state index contributed by atoms with van der Waals surface area (Å²) in [7, 11) is 1.59. The molecule has 3 aromatic carbocycles. The SMILES string of the molecule is COc1ccc(NC(=O)C(C)Oc2ccc3c(c2)C(c2cccc(C)c2)N(C(=O)c2ccco2)CC3)cc1. The predicted octanol–water partition coefficient (Wildman–Crippen LogP) is 5.79. The van der Waals surface area contributed by atoms with Crippen LogP contribution in [-0.2, 0) is 11.2 Å². The Morgan fingerprint density at radius 3 is 2.50 bits per heavy atom. The van der Waals surface area contributed by atoms with E-state index in [0.29, 0.717) is 35.9 Å². The van der Waals surface area contributed by atoms with Crippen LogP contribution in [-0.4, -0.2) is 36.5 Å². The Labute approximate surface area is 222 Å². The first-order valence-corrected chi connectivity index (χ1v) is 12.6. The zero-order valence-electron chi connectivity index (χ0n) is 21.6. The van der Waals surface area contributed by atoms with Gasteiger partial charge in [0.15, 0.2) is 11.9 Å². The van der Waals surface area contributed by atoms with Crippen molar-refractivity contribution in [2.24, 2.45) is 0 Å². The third-order valence-electron chi connectivity index (χ3n) is 6.74. The molecular formula is C31H30N2O5. The van der Waals surface area contributed by atoms with Crippen LogP contribution in [0.4, 0.5) is 5.69 Å². The number of furan rings is 1. The number of amides is 2. The fourth-order valence-electron chi connectivity index (χ4n) is 4.80. The molecule has 2 heterocycles. The van der Waals surface area contributed by atoms with Crippen molar-refractivity contribution in [2.75, 3.05) is 19.0 Å². The summed E-state index contributed by atoms with van der Waals surface area (Å²) in [5.41, 5.74) is 4.89. The van der Waals surface area contributed by atoms with E-state index in [1.54, 1.807) is 50.4 Å². The van der Waals surface area contributed by atoms with Crippen LogP contribution in [0.1, 0.15) is 45.8 Å². The first kappa shape index (κ1) is 25.1. The van der Waals surface area contributed by atoms with Crippen LogP contribution in [0, 0.1) is 6.92 Å². The fourth-order valence-corrected chi connectivity index (χ4v) is 4.80. The lowest BCUT2D eigenvalue weighted by Crippen LogP contribution is -2.40. The highest BCUT2D eigenvalue weighted by Crippen LogP contribution is 2.38. The summed E-state index contributed by atoms with van der Waals surface area (Å²) in [4.78, 5) is 28.1. The smallest absolute Gasteiger partial charge is 0.290 e. The zero-order valence-corrected chi connectivity index (χ0v) is 21.6. The topological polar surface area (TPSA) is 81.0 Å². The van der Waals surface area contributed by atoms with Crippen LogP contribution in [0.2, 0.25) is 0 Å². The maximum absolute atomic E-state index is 13.4. The Bertz CT molecular complexity index is 1430. The molecule has 7 nitrogen and oxygen atoms in total. The number of anilines is 1. The molecule has 0 radical (unpaired) electrons. The van der Waals surface area contributed by atoms with Crippen LogP contribution < -0.4 is 14.8 Å². The number of benzene rings is 3. The minimum atomic E-state index is -0.739. The molecule has 4 aromatic rings. The summed E-state index contributed by atoms with van der Waals surface area (Å²) >= 11 is 0. The van der Waals surface area contributed by atoms with Gasteiger partial charge < -0.3 is 24.1 Å². The number of fused-ring (bicyclic) bond motifs is 1. The molecule has 2 amide bonds. The summed E-state index contributed by atoms with van der Waals surface area (Å²) in [6, 6.07) is 24.2. The number of rotatable bonds is 7. The van der Waals surface area contributed by atoms with E-state index in [0.717, 1.165) is 22.3 Å². The van der Waals surface area contributed by atoms with Gasteiger partial charge in [-0.2, -0.15) is 0 Å². The summed E-state index contributed by atoms with van der Waals surface area (Å²) in [6.07, 6.45) is 1.48. The molecule has 1 N–H and O–H groups in total. The highest BCUT2D eigenvalue weighted by Gasteiger charge is 2.34. The summed E-state index contributed by atoms with van der Waals surface area (Å²) in [6.45, 7) is 4.31. The van der Waals surface area contributed by atoms with Gasteiger partial charge in [0, 0.05) is 12.2 Å². The van der Waals surface area contributed by atoms with Gasteiger partial charge in [-0.1, -0.05) is 35.9 Å². The number of hydrogen-bond donors (Lipinski definition) is 1. The average Bonchev–Trinajstić information content (AvgIpc) is 3.47. The number of carbonyl (C=O) groups excluding carboxylic acids is 2. The van der Waals surface area contributed by atoms with Crippen molar-refractivity contribution in [1.29, 1.82) is 0 Å². The molecule has 0 saturated heterocycles. The van der Waals surface area contributed by atoms with Gasteiger partial charge in [-0.3, -0.25) is 9.59 Å². The number of carbonyl (C=O) groups is 2. The van der Waals surface area contributed by atoms with Gasteiger partial charge in [0.1, 0.15) is 11.5 Å². The number of methoxy groups -OCH3 is 1. The van der Waals surface area contributed by atoms with Crippen molar-refractivity contribution in [3.05, 3.63) is 113 Å². The van der Waals surface area contributed by atoms with Crippen molar-refractivity contribution in [1.82, 2.24) is 4.90 Å². The quantitative estimate of drug-likeness (QED) is 0.340. The summed E-state index contributed by atoms with van der Waals surface area (Å²) in [5, 5.41) is 2.87. The molecule has 1 aliphatic heterocycles. The van der Waals surface area contributed by atoms with Crippen LogP contribution >= 0.6 is 0 Å². The zero-order chi connectivity index (χ0) is 26.6. The largest absolute Gasteiger partial charge is 0.497 e. The lowest BCUT2D eigenvalue weighted by molar-refractivity contribution is -0.122. The first-order valence-electron chi connectivity index (χ1n) is 12.6. The Morgan fingerprint density at radius 2 is 1.79 bits per heavy atom. The molecule has 0 aliphatic carbocycles. The van der Waals surface area contributed by atoms with Gasteiger partial charge in [0.2, 0.25) is 0 Å². The van der Waals surface area contributed by atoms with Gasteiger partial charge in [-0.05, 0) is 85.5 Å². The second-order valence-electron chi connectivity index (χ2n) is 9.38. The number of ether oxygens (including phenoxy) is 2. The molecule has 7 heteroatoms. The van der Waals surface area contributed by atoms with E-state index < -0.39 is 6.10 Å². The molecular weight excluding hydrogens is 480 g/mol. The molecule has 1 aromatic heterocycles. The second-order valence-corrected chi connectivity index (χ2v) is 9.38. The monoisotopic (exact) mass is 510 g/mol. The van der Waals surface area contributed by atoms with Crippen LogP contribution in [0.25, 0.3) is 0 Å². The minimum Gasteiger partial charge on any atom is -0.497 e. The minimum absolute atomic E-state index is 0.161. The Hall–Kier alpha value is -4.52. The lowest BCUT2D eigenvalue weighted by atomic mass is 9.87. The first-order chi connectivity index (χ1) is 18.4. The normalized spacial score (nSPS) is 15.3. The molecule has 2 atom stereocenters. The lowest BCUT2D eigenvalue weighted by Gasteiger charge is -2.37. The fraction of sp³-hybridized carbons (Fsp3) is 0.226. The highest BCUT2D eigenvalue weighted by molar-refractivity contribution is 5.94. The van der Waals surface area contributed by atoms with E-state index >= 15 is 0 Å². The van der Waals surface area contributed by atoms with Crippen molar-refractivity contribution >= 4 is 17.5 Å². The molecule has 5 rings (SSSR count). The van der Waals surface area contributed by atoms with E-state index in [1.807, 2.05) is 48.2 Å². The van der Waals surface area contributed by atoms with Gasteiger partial charge in [0.25, 0.3) is 11.8 Å². The van der Waals surface area contributed by atoms with Crippen LogP contribution in [0.3, 0.4) is 0 Å². The molecule has 0 fully saturated rings. The molecule has 38 heavy (non-hydrogen) atoms. The standard InChI is InChI=1S/C31H30N2O5/c1-20-6-4-7-23(18-20)29-27-19-26(38-21(2)30(34)32-24-10-13-25(36-3)14-11-24)12-9-22(27)15-16-33(29)31(35)28-8-5-17-37-28/h4-14,17-19,21,29H,15-16H2,1-3H3,(H,32,34). The molecule has 0 spiro atoms. The molecule has 0 saturated carbocycles. The van der Waals surface area contributed by atoms with Gasteiger partial charge in [-0.25, -0.2) is 0 Å². The van der Waals surface area contributed by atoms with E-state index in [2.05, 4.69) is 11.4 Å². The van der Waals surface area contributed by atoms with Crippen molar-refractivity contribution in [2.45, 2.75) is 32.4 Å². The van der Waals surface area contributed by atoms with Crippen LogP contribution in [0.5, 0.6) is 11.5 Å². The molecule has 1 aliphatic rings. The third-order valence-corrected chi connectivity index (χ3v) is 6.74. The Morgan fingerprint density at radius 1 is 1.00 bits per heavy atom. The Kier molecular flexibility index (Phi) is 7.18. The van der Waals surface area contributed by atoms with E-state index in [9.17, 15) is 9.59 Å². The third kappa shape index (κ3) is 5.27. The van der Waals surface area contributed by atoms with Gasteiger partial charge >= 0.3 is 0 Å². The van der Waals surface area contributed by atoms with Gasteiger partial charge in [-0.15, -0.1) is 0 Å². The number of nitrogens with zero attached hydrogens (tertiary/aromatic N) is 1. The number of hydrogen-bond acceptors (Lipinski definition) is 5. The average molecular weight is 511 g/mol. The summed E-state index contributed by atoms with van der Waals surface area (Å²) in [5.74, 6) is 1.15. The van der Waals surface area contributed by atoms with E-state index in [4.69, 9.17) is 13.9 Å². The highest BCUT2D eigenvalue weighted by atomic mass is 16.5. The van der Waals surface area contributed by atoms with Crippen molar-refractivity contribution in [3.8, 4) is 11.5 Å². The maximum atomic E-state index is 13.4. The molecule has 0 bridgehead atoms. The maximum Gasteiger partial charge on any atom is 0.290 e. The molecule has 2 unspecified atom stereocenters. The predicted molar refractivity (Wildman–Crippen MR) is 145 cm³/mol. The van der Waals surface area contributed by atoms with Crippen molar-refractivity contribution < 1.29 is 23.5 Å². The number of nitrogens with one attached hydrogen (secondary N) is 1. The van der Waals surface area contributed by atoms with E-state index in [1.165, 1.54) is 6.26 Å². The molecule has 194 valence electrons. The second kappa shape index (κ2) is 10.8. The van der Waals surface area contributed by atoms with E-state index in [-0.39, 0.29) is 17.9 Å². The Balaban J connectivity index is 1.41. The van der Waals surface area contributed by atoms with Gasteiger partial charge in [0.05, 0.1) is 19.4 Å².